The van der Waals surface area contributed by atoms with E-state index in [9.17, 15) is 4.79 Å². The summed E-state index contributed by atoms with van der Waals surface area (Å²) in [6, 6.07) is 0. The fraction of sp³-hybridized carbons (Fsp3) is 0.750. The summed E-state index contributed by atoms with van der Waals surface area (Å²) >= 11 is 0. The number of hydrogen-bond acceptors (Lipinski definition) is 4. The van der Waals surface area contributed by atoms with Crippen molar-refractivity contribution in [3.05, 3.63) is 24.8 Å². The molecule has 4 rings (SSSR count). The van der Waals surface area contributed by atoms with Gasteiger partial charge in [0.25, 0.3) is 0 Å². The maximum atomic E-state index is 13.6. The number of carbonyl (C=O) groups is 1. The Morgan fingerprint density at radius 2 is 1.96 bits per heavy atom. The average molecular weight is 332 g/mol. The monoisotopic (exact) mass is 332 g/mol. The molecule has 2 saturated heterocycles. The topological polar surface area (TPSA) is 48.1 Å². The van der Waals surface area contributed by atoms with Crippen molar-refractivity contribution in [2.75, 3.05) is 13.2 Å². The van der Waals surface area contributed by atoms with Crippen LogP contribution in [0.25, 0.3) is 0 Å². The molecule has 2 saturated carbocycles. The fourth-order valence-corrected chi connectivity index (χ4v) is 5.38. The zero-order valence-corrected chi connectivity index (χ0v) is 14.6. The van der Waals surface area contributed by atoms with Gasteiger partial charge in [-0.2, -0.15) is 0 Å². The number of allylic oxidation sites excluding steroid dienone is 2. The Morgan fingerprint density at radius 1 is 1.21 bits per heavy atom. The van der Waals surface area contributed by atoms with Crippen molar-refractivity contribution in [3.8, 4) is 0 Å². The average Bonchev–Trinajstić information content (AvgIpc) is 2.96. The van der Waals surface area contributed by atoms with Gasteiger partial charge in [0, 0.05) is 24.7 Å². The first-order valence-corrected chi connectivity index (χ1v) is 9.29. The minimum absolute atomic E-state index is 0.107. The number of ketones is 1. The molecule has 4 aliphatic rings. The summed E-state index contributed by atoms with van der Waals surface area (Å²) in [4.78, 5) is 13.6. The van der Waals surface area contributed by atoms with Crippen LogP contribution in [-0.4, -0.2) is 36.5 Å². The maximum absolute atomic E-state index is 13.6. The zero-order valence-electron chi connectivity index (χ0n) is 14.6. The number of rotatable bonds is 5. The summed E-state index contributed by atoms with van der Waals surface area (Å²) in [5, 5.41) is 0. The number of Topliss-reactive ketones (excluding diaryl/α,β-unsaturated/α-hetero) is 1. The van der Waals surface area contributed by atoms with Crippen LogP contribution in [0.2, 0.25) is 0 Å². The van der Waals surface area contributed by atoms with Crippen molar-refractivity contribution in [2.45, 2.75) is 62.9 Å². The Morgan fingerprint density at radius 3 is 2.58 bits per heavy atom. The van der Waals surface area contributed by atoms with Crippen molar-refractivity contribution in [3.63, 3.8) is 0 Å². The van der Waals surface area contributed by atoms with E-state index in [0.29, 0.717) is 19.6 Å². The normalized spacial score (nSPS) is 42.7. The Kier molecular flexibility index (Phi) is 3.98. The largest absolute Gasteiger partial charge is 0.357 e. The molecule has 4 heteroatoms. The zero-order chi connectivity index (χ0) is 16.9. The van der Waals surface area contributed by atoms with Crippen LogP contribution in [0.15, 0.2) is 24.8 Å². The van der Waals surface area contributed by atoms with Crippen LogP contribution < -0.4 is 0 Å². The highest BCUT2D eigenvalue weighted by atomic mass is 16.7. The third-order valence-electron chi connectivity index (χ3n) is 6.61. The van der Waals surface area contributed by atoms with E-state index >= 15 is 0 Å². The lowest BCUT2D eigenvalue weighted by Crippen LogP contribution is -2.48. The molecule has 0 aromatic carbocycles. The molecule has 24 heavy (non-hydrogen) atoms. The molecule has 2 aliphatic heterocycles. The fourth-order valence-electron chi connectivity index (χ4n) is 5.38. The minimum Gasteiger partial charge on any atom is -0.357 e. The Labute approximate surface area is 144 Å². The molecule has 1 spiro atoms. The summed E-state index contributed by atoms with van der Waals surface area (Å²) in [6.07, 6.45) is 7.33. The number of fused-ring (bicyclic) bond motifs is 1. The molecular formula is C20H28O4. The summed E-state index contributed by atoms with van der Waals surface area (Å²) in [5.74, 6) is 0.0920. The standard InChI is InChI=1S/C20H28O4/c1-4-5-14-6-7-17-20(14,24-17)18(21)16-12-19(22-10-11-23-19)9-8-15(16)13(2)3/h4,14-17H,1-2,5-12H2,3H3/t14-,15+,16-,17-,20+/m1/s1. The summed E-state index contributed by atoms with van der Waals surface area (Å²) < 4.78 is 17.8. The third-order valence-corrected chi connectivity index (χ3v) is 6.61. The van der Waals surface area contributed by atoms with Crippen LogP contribution in [-0.2, 0) is 19.0 Å². The predicted molar refractivity (Wildman–Crippen MR) is 90.4 cm³/mol. The van der Waals surface area contributed by atoms with Gasteiger partial charge in [0.05, 0.1) is 19.3 Å². The smallest absolute Gasteiger partial charge is 0.171 e. The second-order valence-corrected chi connectivity index (χ2v) is 7.97. The van der Waals surface area contributed by atoms with Crippen molar-refractivity contribution in [1.29, 1.82) is 0 Å². The molecule has 2 heterocycles. The van der Waals surface area contributed by atoms with Gasteiger partial charge >= 0.3 is 0 Å². The molecule has 0 N–H and O–H groups in total. The molecule has 2 aliphatic carbocycles. The van der Waals surface area contributed by atoms with Gasteiger partial charge in [-0.1, -0.05) is 18.2 Å². The molecule has 0 aromatic heterocycles. The second kappa shape index (κ2) is 5.79. The molecule has 5 atom stereocenters. The number of ether oxygens (including phenoxy) is 3. The molecule has 0 radical (unpaired) electrons. The Bertz CT molecular complexity index is 562. The number of hydrogen-bond donors (Lipinski definition) is 0. The van der Waals surface area contributed by atoms with Crippen LogP contribution in [0.1, 0.15) is 45.4 Å². The molecule has 4 nitrogen and oxygen atoms in total. The van der Waals surface area contributed by atoms with Crippen molar-refractivity contribution in [1.82, 2.24) is 0 Å². The summed E-state index contributed by atoms with van der Waals surface area (Å²) in [6.45, 7) is 11.3. The predicted octanol–water partition coefficient (Wildman–Crippen LogP) is 3.41. The quantitative estimate of drug-likeness (QED) is 0.572. The second-order valence-electron chi connectivity index (χ2n) is 7.97. The van der Waals surface area contributed by atoms with Crippen molar-refractivity contribution < 1.29 is 19.0 Å². The molecule has 0 unspecified atom stereocenters. The summed E-state index contributed by atoms with van der Waals surface area (Å²) in [5.41, 5.74) is 0.525. The highest BCUT2D eigenvalue weighted by molar-refractivity contribution is 5.94. The van der Waals surface area contributed by atoms with Crippen molar-refractivity contribution in [2.24, 2.45) is 17.8 Å². The van der Waals surface area contributed by atoms with Gasteiger partial charge in [-0.3, -0.25) is 4.79 Å². The van der Waals surface area contributed by atoms with Crippen LogP contribution in [0.5, 0.6) is 0 Å². The lowest BCUT2D eigenvalue weighted by Gasteiger charge is -2.41. The molecule has 0 amide bonds. The van der Waals surface area contributed by atoms with Gasteiger partial charge in [-0.15, -0.1) is 6.58 Å². The van der Waals surface area contributed by atoms with E-state index in [1.165, 1.54) is 0 Å². The SMILES string of the molecule is C=CC[C@@H]1CC[C@H]2O[C@@]12C(=O)[C@@H]1CC2(CC[C@H]1C(=C)C)OCCO2. The first-order valence-electron chi connectivity index (χ1n) is 9.29. The van der Waals surface area contributed by atoms with Gasteiger partial charge in [0.1, 0.15) is 0 Å². The van der Waals surface area contributed by atoms with E-state index in [1.54, 1.807) is 0 Å². The molecule has 132 valence electrons. The number of carbonyl (C=O) groups excluding carboxylic acids is 1. The highest BCUT2D eigenvalue weighted by Gasteiger charge is 2.71. The van der Waals surface area contributed by atoms with Gasteiger partial charge in [0.15, 0.2) is 17.2 Å². The highest BCUT2D eigenvalue weighted by Crippen LogP contribution is 2.59. The van der Waals surface area contributed by atoms with Crippen LogP contribution in [0.3, 0.4) is 0 Å². The van der Waals surface area contributed by atoms with Gasteiger partial charge in [-0.05, 0) is 38.5 Å². The Hall–Kier alpha value is -0.970. The lowest BCUT2D eigenvalue weighted by molar-refractivity contribution is -0.195. The van der Waals surface area contributed by atoms with Gasteiger partial charge < -0.3 is 14.2 Å². The van der Waals surface area contributed by atoms with Crippen LogP contribution >= 0.6 is 0 Å². The van der Waals surface area contributed by atoms with E-state index in [2.05, 4.69) is 13.2 Å². The van der Waals surface area contributed by atoms with E-state index < -0.39 is 11.4 Å². The first-order chi connectivity index (χ1) is 11.5. The molecule has 0 aromatic rings. The minimum atomic E-state index is -0.566. The third kappa shape index (κ3) is 2.34. The molecular weight excluding hydrogens is 304 g/mol. The lowest BCUT2D eigenvalue weighted by atomic mass is 9.67. The van der Waals surface area contributed by atoms with Crippen LogP contribution in [0, 0.1) is 17.8 Å². The van der Waals surface area contributed by atoms with Crippen LogP contribution in [0.4, 0.5) is 0 Å². The van der Waals surface area contributed by atoms with Gasteiger partial charge in [0.2, 0.25) is 0 Å². The van der Waals surface area contributed by atoms with E-state index in [4.69, 9.17) is 14.2 Å². The summed E-state index contributed by atoms with van der Waals surface area (Å²) in [7, 11) is 0. The maximum Gasteiger partial charge on any atom is 0.171 e. The first kappa shape index (κ1) is 16.5. The molecule has 4 fully saturated rings. The van der Waals surface area contributed by atoms with E-state index in [-0.39, 0.29) is 29.6 Å². The number of epoxide rings is 1. The Balaban J connectivity index is 1.60. The van der Waals surface area contributed by atoms with E-state index in [1.807, 2.05) is 13.0 Å². The van der Waals surface area contributed by atoms with E-state index in [0.717, 1.165) is 37.7 Å². The molecule has 0 bridgehead atoms. The van der Waals surface area contributed by atoms with Gasteiger partial charge in [-0.25, -0.2) is 0 Å². The van der Waals surface area contributed by atoms with Crippen molar-refractivity contribution >= 4 is 5.78 Å².